The third-order valence-electron chi connectivity index (χ3n) is 4.30. The van der Waals surface area contributed by atoms with Crippen LogP contribution in [0.15, 0.2) is 47.9 Å². The van der Waals surface area contributed by atoms with Gasteiger partial charge in [0.2, 0.25) is 5.91 Å². The number of carbonyl (C=O) groups excluding carboxylic acids is 2. The van der Waals surface area contributed by atoms with Crippen LogP contribution < -0.4 is 10.1 Å². The summed E-state index contributed by atoms with van der Waals surface area (Å²) >= 11 is 6.57. The van der Waals surface area contributed by atoms with Crippen LogP contribution in [-0.2, 0) is 16.1 Å². The van der Waals surface area contributed by atoms with Crippen LogP contribution in [0, 0.1) is 0 Å². The molecule has 1 fully saturated rings. The molecule has 1 N–H and O–H groups in total. The predicted molar refractivity (Wildman–Crippen MR) is 117 cm³/mol. The molecule has 0 bridgehead atoms. The lowest BCUT2D eigenvalue weighted by Gasteiger charge is -2.14. The van der Waals surface area contributed by atoms with Crippen LogP contribution in [0.4, 0.5) is 0 Å². The molecule has 1 aliphatic rings. The van der Waals surface area contributed by atoms with Crippen molar-refractivity contribution in [1.82, 2.24) is 19.8 Å². The van der Waals surface area contributed by atoms with Crippen molar-refractivity contribution in [3.05, 3.63) is 53.5 Å². The second kappa shape index (κ2) is 10.2. The Morgan fingerprint density at radius 1 is 1.38 bits per heavy atom. The number of carbonyl (C=O) groups is 2. The van der Waals surface area contributed by atoms with E-state index >= 15 is 0 Å². The van der Waals surface area contributed by atoms with Crippen molar-refractivity contribution in [2.75, 3.05) is 20.2 Å². The summed E-state index contributed by atoms with van der Waals surface area (Å²) in [5, 5.41) is 2.87. The Kier molecular flexibility index (Phi) is 7.42. The van der Waals surface area contributed by atoms with Crippen LogP contribution in [0.1, 0.15) is 18.4 Å². The van der Waals surface area contributed by atoms with E-state index in [9.17, 15) is 9.59 Å². The molecule has 0 radical (unpaired) electrons. The molecule has 29 heavy (non-hydrogen) atoms. The number of nitrogens with zero attached hydrogens (tertiary/aromatic N) is 3. The van der Waals surface area contributed by atoms with Crippen molar-refractivity contribution >= 4 is 46.2 Å². The van der Waals surface area contributed by atoms with Crippen LogP contribution in [0.25, 0.3) is 6.08 Å². The van der Waals surface area contributed by atoms with E-state index in [1.165, 1.54) is 16.7 Å². The van der Waals surface area contributed by atoms with Crippen molar-refractivity contribution in [2.45, 2.75) is 19.4 Å². The molecule has 9 heteroatoms. The normalized spacial score (nSPS) is 15.2. The summed E-state index contributed by atoms with van der Waals surface area (Å²) in [5.41, 5.74) is 0.862. The average molecular weight is 431 g/mol. The zero-order valence-corrected chi connectivity index (χ0v) is 17.7. The monoisotopic (exact) mass is 430 g/mol. The number of hydrogen-bond donors (Lipinski definition) is 1. The Bertz CT molecular complexity index is 912. The minimum atomic E-state index is -0.171. The van der Waals surface area contributed by atoms with Gasteiger partial charge in [-0.15, -0.1) is 0 Å². The number of amides is 2. The lowest BCUT2D eigenvalue weighted by atomic mass is 10.2. The number of thioether (sulfide) groups is 1. The Labute approximate surface area is 179 Å². The highest BCUT2D eigenvalue weighted by atomic mass is 32.2. The molecule has 0 saturated carbocycles. The fraction of sp³-hybridized carbons (Fsp3) is 0.300. The molecule has 1 aliphatic heterocycles. The number of benzene rings is 1. The van der Waals surface area contributed by atoms with Gasteiger partial charge in [-0.2, -0.15) is 0 Å². The summed E-state index contributed by atoms with van der Waals surface area (Å²) in [6, 6.07) is 7.45. The molecule has 7 nitrogen and oxygen atoms in total. The largest absolute Gasteiger partial charge is 0.497 e. The Balaban J connectivity index is 1.47. The number of thiocarbonyl (C=S) groups is 1. The highest BCUT2D eigenvalue weighted by Crippen LogP contribution is 2.33. The molecule has 2 aromatic rings. The third kappa shape index (κ3) is 5.91. The second-order valence-electron chi connectivity index (χ2n) is 6.36. The minimum Gasteiger partial charge on any atom is -0.497 e. The molecule has 2 amide bonds. The van der Waals surface area contributed by atoms with Gasteiger partial charge >= 0.3 is 0 Å². The molecule has 0 atom stereocenters. The quantitative estimate of drug-likeness (QED) is 0.375. The number of nitrogens with one attached hydrogen (secondary N) is 1. The third-order valence-corrected chi connectivity index (χ3v) is 5.68. The van der Waals surface area contributed by atoms with E-state index < -0.39 is 0 Å². The first-order chi connectivity index (χ1) is 14.1. The topological polar surface area (TPSA) is 76.5 Å². The zero-order chi connectivity index (χ0) is 20.6. The molecule has 0 spiro atoms. The van der Waals surface area contributed by atoms with Crippen molar-refractivity contribution in [2.24, 2.45) is 0 Å². The summed E-state index contributed by atoms with van der Waals surface area (Å²) in [5.74, 6) is 0.455. The summed E-state index contributed by atoms with van der Waals surface area (Å²) < 4.78 is 7.64. The molecule has 1 aromatic carbocycles. The Hall–Kier alpha value is -2.65. The average Bonchev–Trinajstić information content (AvgIpc) is 3.32. The summed E-state index contributed by atoms with van der Waals surface area (Å²) in [6.45, 7) is 1.64. The predicted octanol–water partition coefficient (Wildman–Crippen LogP) is 2.69. The van der Waals surface area contributed by atoms with E-state index in [4.69, 9.17) is 17.0 Å². The Morgan fingerprint density at radius 3 is 3.00 bits per heavy atom. The maximum atomic E-state index is 12.7. The van der Waals surface area contributed by atoms with Crippen LogP contribution in [0.2, 0.25) is 0 Å². The molecular formula is C20H22N4O3S2. The molecule has 152 valence electrons. The number of hydrogen-bond acceptors (Lipinski definition) is 6. The van der Waals surface area contributed by atoms with Crippen molar-refractivity contribution in [3.8, 4) is 5.75 Å². The molecule has 3 rings (SSSR count). The van der Waals surface area contributed by atoms with Gasteiger partial charge in [0, 0.05) is 38.4 Å². The van der Waals surface area contributed by atoms with Gasteiger partial charge in [0.15, 0.2) is 0 Å². The highest BCUT2D eigenvalue weighted by molar-refractivity contribution is 8.26. The smallest absolute Gasteiger partial charge is 0.266 e. The lowest BCUT2D eigenvalue weighted by Crippen LogP contribution is -2.34. The minimum absolute atomic E-state index is 0.0959. The standard InChI is InChI=1S/C20H22N4O3S2/c1-27-16-5-2-4-15(12-16)13-17-19(26)24(20(28)29-17)10-6-18(25)22-7-3-9-23-11-8-21-14-23/h2,4-5,8,11-14H,3,6-7,9-10H2,1H3,(H,22,25). The molecule has 1 aromatic heterocycles. The maximum absolute atomic E-state index is 12.7. The van der Waals surface area contributed by atoms with Crippen LogP contribution in [0.5, 0.6) is 5.75 Å². The first-order valence-electron chi connectivity index (χ1n) is 9.18. The van der Waals surface area contributed by atoms with E-state index in [0.29, 0.717) is 15.8 Å². The van der Waals surface area contributed by atoms with Gasteiger partial charge in [0.25, 0.3) is 5.91 Å². The molecule has 2 heterocycles. The van der Waals surface area contributed by atoms with Crippen molar-refractivity contribution < 1.29 is 14.3 Å². The number of imidazole rings is 1. The van der Waals surface area contributed by atoms with Crippen LogP contribution >= 0.6 is 24.0 Å². The fourth-order valence-electron chi connectivity index (χ4n) is 2.79. The molecular weight excluding hydrogens is 408 g/mol. The van der Waals surface area contributed by atoms with Crippen LogP contribution in [0.3, 0.4) is 0 Å². The van der Waals surface area contributed by atoms with E-state index in [2.05, 4.69) is 10.3 Å². The van der Waals surface area contributed by atoms with Gasteiger partial charge in [-0.25, -0.2) is 4.98 Å². The SMILES string of the molecule is COc1cccc(C=C2SC(=S)N(CCC(=O)NCCCn3ccnc3)C2=O)c1. The van der Waals surface area contributed by atoms with E-state index in [1.807, 2.05) is 35.0 Å². The van der Waals surface area contributed by atoms with Gasteiger partial charge in [-0.05, 0) is 30.2 Å². The van der Waals surface area contributed by atoms with Gasteiger partial charge in [-0.1, -0.05) is 36.1 Å². The molecule has 1 saturated heterocycles. The summed E-state index contributed by atoms with van der Waals surface area (Å²) in [7, 11) is 1.60. The molecule has 0 unspecified atom stereocenters. The number of methoxy groups -OCH3 is 1. The van der Waals surface area contributed by atoms with E-state index in [0.717, 1.165) is 24.3 Å². The fourth-order valence-corrected chi connectivity index (χ4v) is 4.09. The van der Waals surface area contributed by atoms with Crippen molar-refractivity contribution in [3.63, 3.8) is 0 Å². The van der Waals surface area contributed by atoms with E-state index in [1.54, 1.807) is 25.7 Å². The number of rotatable bonds is 9. The van der Waals surface area contributed by atoms with Gasteiger partial charge in [-0.3, -0.25) is 14.5 Å². The van der Waals surface area contributed by atoms with E-state index in [-0.39, 0.29) is 24.8 Å². The number of aromatic nitrogens is 2. The Morgan fingerprint density at radius 2 is 2.24 bits per heavy atom. The van der Waals surface area contributed by atoms with Gasteiger partial charge < -0.3 is 14.6 Å². The number of aryl methyl sites for hydroxylation is 1. The highest BCUT2D eigenvalue weighted by Gasteiger charge is 2.32. The zero-order valence-electron chi connectivity index (χ0n) is 16.0. The summed E-state index contributed by atoms with van der Waals surface area (Å²) in [6.07, 6.45) is 8.17. The van der Waals surface area contributed by atoms with Gasteiger partial charge in [0.1, 0.15) is 10.1 Å². The number of ether oxygens (including phenoxy) is 1. The molecule has 0 aliphatic carbocycles. The maximum Gasteiger partial charge on any atom is 0.266 e. The van der Waals surface area contributed by atoms with Crippen LogP contribution in [-0.4, -0.2) is 50.8 Å². The lowest BCUT2D eigenvalue weighted by molar-refractivity contribution is -0.123. The van der Waals surface area contributed by atoms with Gasteiger partial charge in [0.05, 0.1) is 18.3 Å². The van der Waals surface area contributed by atoms with Crippen molar-refractivity contribution in [1.29, 1.82) is 0 Å². The summed E-state index contributed by atoms with van der Waals surface area (Å²) in [4.78, 5) is 30.7. The second-order valence-corrected chi connectivity index (χ2v) is 8.04. The first kappa shape index (κ1) is 21.1. The first-order valence-corrected chi connectivity index (χ1v) is 10.4.